The molecule has 1 aromatic carbocycles. The van der Waals surface area contributed by atoms with Crippen molar-refractivity contribution in [1.29, 1.82) is 0 Å². The molecule has 1 heterocycles. The van der Waals surface area contributed by atoms with Crippen LogP contribution in [0, 0.1) is 20.2 Å². The van der Waals surface area contributed by atoms with Gasteiger partial charge in [-0.15, -0.1) is 0 Å². The lowest BCUT2D eigenvalue weighted by Crippen LogP contribution is -2.46. The quantitative estimate of drug-likeness (QED) is 0.602. The lowest BCUT2D eigenvalue weighted by molar-refractivity contribution is -0.393. The third-order valence-electron chi connectivity index (χ3n) is 3.80. The molecule has 1 fully saturated rings. The van der Waals surface area contributed by atoms with Gasteiger partial charge in [0.1, 0.15) is 0 Å². The molecule has 1 aliphatic rings. The molecule has 0 bridgehead atoms. The Morgan fingerprint density at radius 2 is 1.77 bits per heavy atom. The third-order valence-corrected chi connectivity index (χ3v) is 3.80. The molecule has 0 atom stereocenters. The van der Waals surface area contributed by atoms with E-state index in [1.165, 1.54) is 13.2 Å². The van der Waals surface area contributed by atoms with E-state index in [1.807, 2.05) is 4.90 Å². The van der Waals surface area contributed by atoms with E-state index in [4.69, 9.17) is 4.74 Å². The average molecular weight is 310 g/mol. The lowest BCUT2D eigenvalue weighted by Gasteiger charge is -2.35. The first-order chi connectivity index (χ1) is 10.5. The second kappa shape index (κ2) is 6.56. The topological polar surface area (TPSA) is 102 Å². The summed E-state index contributed by atoms with van der Waals surface area (Å²) in [7, 11) is 1.36. The number of anilines is 1. The van der Waals surface area contributed by atoms with Gasteiger partial charge in [-0.2, -0.15) is 0 Å². The second-order valence-corrected chi connectivity index (χ2v) is 4.95. The van der Waals surface area contributed by atoms with Crippen LogP contribution in [-0.2, 0) is 0 Å². The Morgan fingerprint density at radius 3 is 2.23 bits per heavy atom. The Hall–Kier alpha value is -2.42. The van der Waals surface area contributed by atoms with E-state index in [0.717, 1.165) is 25.7 Å². The molecule has 0 amide bonds. The SMILES string of the molecule is CCN1CCN(c2c(OC)cc([N+](=O)[O-])cc2[N+](=O)[O-])CC1. The Labute approximate surface area is 127 Å². The van der Waals surface area contributed by atoms with E-state index in [1.54, 1.807) is 0 Å². The third kappa shape index (κ3) is 3.08. The summed E-state index contributed by atoms with van der Waals surface area (Å²) < 4.78 is 5.17. The smallest absolute Gasteiger partial charge is 0.303 e. The van der Waals surface area contributed by atoms with Gasteiger partial charge in [0.05, 0.1) is 29.1 Å². The van der Waals surface area contributed by atoms with Crippen LogP contribution in [0.5, 0.6) is 5.75 Å². The first-order valence-corrected chi connectivity index (χ1v) is 6.96. The van der Waals surface area contributed by atoms with Crippen LogP contribution in [-0.4, -0.2) is 54.6 Å². The molecule has 1 aliphatic heterocycles. The van der Waals surface area contributed by atoms with Crippen molar-refractivity contribution in [1.82, 2.24) is 4.90 Å². The lowest BCUT2D eigenvalue weighted by atomic mass is 10.1. The number of non-ortho nitro benzene ring substituents is 1. The number of nitro benzene ring substituents is 2. The highest BCUT2D eigenvalue weighted by Gasteiger charge is 2.30. The predicted molar refractivity (Wildman–Crippen MR) is 80.6 cm³/mol. The molecule has 9 nitrogen and oxygen atoms in total. The monoisotopic (exact) mass is 310 g/mol. The van der Waals surface area contributed by atoms with E-state index in [-0.39, 0.29) is 17.1 Å². The van der Waals surface area contributed by atoms with E-state index in [2.05, 4.69) is 11.8 Å². The van der Waals surface area contributed by atoms with Gasteiger partial charge in [0.25, 0.3) is 5.69 Å². The van der Waals surface area contributed by atoms with Gasteiger partial charge in [-0.05, 0) is 6.54 Å². The van der Waals surface area contributed by atoms with Crippen molar-refractivity contribution in [2.24, 2.45) is 0 Å². The summed E-state index contributed by atoms with van der Waals surface area (Å²) >= 11 is 0. The summed E-state index contributed by atoms with van der Waals surface area (Å²) in [6.07, 6.45) is 0. The highest BCUT2D eigenvalue weighted by atomic mass is 16.6. The maximum absolute atomic E-state index is 11.3. The molecule has 0 saturated carbocycles. The van der Waals surface area contributed by atoms with Crippen LogP contribution in [0.15, 0.2) is 12.1 Å². The molecule has 0 unspecified atom stereocenters. The van der Waals surface area contributed by atoms with Gasteiger partial charge in [0.2, 0.25) is 0 Å². The summed E-state index contributed by atoms with van der Waals surface area (Å²) in [5, 5.41) is 22.2. The molecular formula is C13H18N4O5. The predicted octanol–water partition coefficient (Wildman–Crippen LogP) is 1.65. The number of hydrogen-bond acceptors (Lipinski definition) is 7. The van der Waals surface area contributed by atoms with Crippen LogP contribution in [0.25, 0.3) is 0 Å². The van der Waals surface area contributed by atoms with Crippen LogP contribution < -0.4 is 9.64 Å². The van der Waals surface area contributed by atoms with Crippen molar-refractivity contribution in [2.75, 3.05) is 44.7 Å². The fraction of sp³-hybridized carbons (Fsp3) is 0.538. The Morgan fingerprint density at radius 1 is 1.14 bits per heavy atom. The average Bonchev–Trinajstić information content (AvgIpc) is 2.53. The molecule has 22 heavy (non-hydrogen) atoms. The second-order valence-electron chi connectivity index (χ2n) is 4.95. The van der Waals surface area contributed by atoms with Gasteiger partial charge < -0.3 is 14.5 Å². The van der Waals surface area contributed by atoms with Gasteiger partial charge in [0.15, 0.2) is 11.4 Å². The van der Waals surface area contributed by atoms with Crippen LogP contribution in [0.1, 0.15) is 6.92 Å². The van der Waals surface area contributed by atoms with E-state index in [9.17, 15) is 20.2 Å². The number of ether oxygens (including phenoxy) is 1. The molecule has 1 aromatic rings. The number of hydrogen-bond donors (Lipinski definition) is 0. The zero-order chi connectivity index (χ0) is 16.3. The maximum Gasteiger partial charge on any atom is 0.303 e. The molecule has 0 aliphatic carbocycles. The highest BCUT2D eigenvalue weighted by molar-refractivity contribution is 5.75. The van der Waals surface area contributed by atoms with Crippen LogP contribution in [0.2, 0.25) is 0 Å². The Balaban J connectivity index is 2.45. The molecule has 0 aromatic heterocycles. The van der Waals surface area contributed by atoms with Gasteiger partial charge in [0, 0.05) is 26.2 Å². The minimum atomic E-state index is -0.658. The normalized spacial score (nSPS) is 15.6. The van der Waals surface area contributed by atoms with Crippen molar-refractivity contribution >= 4 is 17.1 Å². The summed E-state index contributed by atoms with van der Waals surface area (Å²) in [4.78, 5) is 25.1. The number of piperazine rings is 1. The summed E-state index contributed by atoms with van der Waals surface area (Å²) in [6.45, 7) is 5.78. The van der Waals surface area contributed by atoms with Gasteiger partial charge in [-0.1, -0.05) is 6.92 Å². The number of benzene rings is 1. The van der Waals surface area contributed by atoms with Crippen LogP contribution in [0.3, 0.4) is 0 Å². The van der Waals surface area contributed by atoms with Crippen molar-refractivity contribution in [3.63, 3.8) is 0 Å². The first kappa shape index (κ1) is 16.0. The van der Waals surface area contributed by atoms with Crippen LogP contribution >= 0.6 is 0 Å². The molecule has 0 N–H and O–H groups in total. The van der Waals surface area contributed by atoms with E-state index in [0.29, 0.717) is 18.8 Å². The van der Waals surface area contributed by atoms with E-state index < -0.39 is 9.85 Å². The number of nitrogens with zero attached hydrogens (tertiary/aromatic N) is 4. The molecule has 9 heteroatoms. The van der Waals surface area contributed by atoms with Crippen molar-refractivity contribution < 1.29 is 14.6 Å². The number of methoxy groups -OCH3 is 1. The standard InChI is InChI=1S/C13H18N4O5/c1-3-14-4-6-15(7-5-14)13-11(17(20)21)8-10(16(18)19)9-12(13)22-2/h8-9H,3-7H2,1-2H3. The van der Waals surface area contributed by atoms with Gasteiger partial charge in [-0.25, -0.2) is 0 Å². The van der Waals surface area contributed by atoms with E-state index >= 15 is 0 Å². The Kier molecular flexibility index (Phi) is 4.76. The fourth-order valence-electron chi connectivity index (χ4n) is 2.58. The summed E-state index contributed by atoms with van der Waals surface area (Å²) in [6, 6.07) is 2.22. The largest absolute Gasteiger partial charge is 0.494 e. The highest BCUT2D eigenvalue weighted by Crippen LogP contribution is 2.41. The van der Waals surface area contributed by atoms with Crippen molar-refractivity contribution in [2.45, 2.75) is 6.92 Å². The Bertz CT molecular complexity index is 584. The molecule has 1 saturated heterocycles. The van der Waals surface area contributed by atoms with Crippen LogP contribution in [0.4, 0.5) is 17.1 Å². The molecule has 0 radical (unpaired) electrons. The number of nitro groups is 2. The molecule has 0 spiro atoms. The van der Waals surface area contributed by atoms with Gasteiger partial charge >= 0.3 is 5.69 Å². The maximum atomic E-state index is 11.3. The van der Waals surface area contributed by atoms with Gasteiger partial charge in [-0.3, -0.25) is 20.2 Å². The molecular weight excluding hydrogens is 292 g/mol. The van der Waals surface area contributed by atoms with Crippen molar-refractivity contribution in [3.05, 3.63) is 32.4 Å². The zero-order valence-electron chi connectivity index (χ0n) is 12.5. The zero-order valence-corrected chi connectivity index (χ0v) is 12.5. The number of rotatable bonds is 5. The summed E-state index contributed by atoms with van der Waals surface area (Å²) in [5.74, 6) is 0.158. The van der Waals surface area contributed by atoms with Crippen molar-refractivity contribution in [3.8, 4) is 5.75 Å². The minimum Gasteiger partial charge on any atom is -0.494 e. The fourth-order valence-corrected chi connectivity index (χ4v) is 2.58. The first-order valence-electron chi connectivity index (χ1n) is 6.96. The molecule has 2 rings (SSSR count). The molecule has 120 valence electrons. The summed E-state index contributed by atoms with van der Waals surface area (Å²) in [5.41, 5.74) is -0.329. The number of likely N-dealkylation sites (N-methyl/N-ethyl adjacent to an activating group) is 1. The minimum absolute atomic E-state index is 0.158.